The van der Waals surface area contributed by atoms with Crippen molar-refractivity contribution in [2.75, 3.05) is 11.1 Å². The highest BCUT2D eigenvalue weighted by Gasteiger charge is 2.39. The van der Waals surface area contributed by atoms with Crippen LogP contribution in [0.25, 0.3) is 0 Å². The number of nitrogen functional groups attached to an aromatic ring is 1. The molecule has 2 bridgehead atoms. The van der Waals surface area contributed by atoms with Crippen molar-refractivity contribution in [2.24, 2.45) is 17.6 Å². The number of nitrogens with two attached hydrogens (primary N) is 2. The molecule has 3 rings (SSSR count). The van der Waals surface area contributed by atoms with Crippen LogP contribution in [0, 0.1) is 11.8 Å². The van der Waals surface area contributed by atoms with Gasteiger partial charge in [-0.3, -0.25) is 4.79 Å². The molecule has 3 unspecified atom stereocenters. The average molecular weight is 245 g/mol. The van der Waals surface area contributed by atoms with Crippen molar-refractivity contribution in [1.82, 2.24) is 0 Å². The zero-order chi connectivity index (χ0) is 12.7. The average Bonchev–Trinajstić information content (AvgIpc) is 2.93. The third-order valence-corrected chi connectivity index (χ3v) is 4.45. The zero-order valence-corrected chi connectivity index (χ0v) is 10.4. The number of amides is 1. The molecule has 1 amide bonds. The van der Waals surface area contributed by atoms with Crippen molar-refractivity contribution in [2.45, 2.75) is 31.7 Å². The van der Waals surface area contributed by atoms with Crippen LogP contribution >= 0.6 is 0 Å². The molecule has 96 valence electrons. The van der Waals surface area contributed by atoms with E-state index in [0.29, 0.717) is 17.3 Å². The second-order valence-electron chi connectivity index (χ2n) is 5.56. The molecule has 1 aromatic carbocycles. The van der Waals surface area contributed by atoms with Crippen molar-refractivity contribution in [3.8, 4) is 0 Å². The first-order valence-corrected chi connectivity index (χ1v) is 6.60. The van der Waals surface area contributed by atoms with Crippen LogP contribution in [0.3, 0.4) is 0 Å². The summed E-state index contributed by atoms with van der Waals surface area (Å²) < 4.78 is 0. The molecule has 0 saturated heterocycles. The highest BCUT2D eigenvalue weighted by Crippen LogP contribution is 2.45. The molecule has 0 spiro atoms. The fourth-order valence-corrected chi connectivity index (χ4v) is 3.53. The van der Waals surface area contributed by atoms with Crippen LogP contribution in [0.2, 0.25) is 0 Å². The second kappa shape index (κ2) is 4.19. The van der Waals surface area contributed by atoms with Crippen LogP contribution in [0.1, 0.15) is 36.0 Å². The van der Waals surface area contributed by atoms with E-state index in [9.17, 15) is 4.79 Å². The van der Waals surface area contributed by atoms with Crippen molar-refractivity contribution in [3.05, 3.63) is 23.8 Å². The van der Waals surface area contributed by atoms with Crippen LogP contribution in [-0.2, 0) is 0 Å². The maximum atomic E-state index is 11.3. The maximum Gasteiger partial charge on any atom is 0.250 e. The van der Waals surface area contributed by atoms with Crippen molar-refractivity contribution in [3.63, 3.8) is 0 Å². The predicted molar refractivity (Wildman–Crippen MR) is 72.2 cm³/mol. The fourth-order valence-electron chi connectivity index (χ4n) is 3.53. The first-order chi connectivity index (χ1) is 8.65. The van der Waals surface area contributed by atoms with Crippen LogP contribution in [0.4, 0.5) is 11.4 Å². The molecule has 0 heterocycles. The Morgan fingerprint density at radius 3 is 2.72 bits per heavy atom. The largest absolute Gasteiger partial charge is 0.396 e. The van der Waals surface area contributed by atoms with Crippen LogP contribution in [0.5, 0.6) is 0 Å². The molecule has 2 saturated carbocycles. The first-order valence-electron chi connectivity index (χ1n) is 6.60. The summed E-state index contributed by atoms with van der Waals surface area (Å²) in [5.74, 6) is 1.18. The van der Waals surface area contributed by atoms with Gasteiger partial charge in [0.05, 0.1) is 16.9 Å². The minimum Gasteiger partial charge on any atom is -0.396 e. The summed E-state index contributed by atoms with van der Waals surface area (Å²) in [6.45, 7) is 0. The fraction of sp³-hybridized carbons (Fsp3) is 0.500. The Kier molecular flexibility index (Phi) is 2.65. The molecule has 0 aliphatic heterocycles. The Bertz CT molecular complexity index is 486. The van der Waals surface area contributed by atoms with Gasteiger partial charge in [-0.15, -0.1) is 0 Å². The lowest BCUT2D eigenvalue weighted by Crippen LogP contribution is -2.26. The summed E-state index contributed by atoms with van der Waals surface area (Å²) in [4.78, 5) is 11.3. The Labute approximate surface area is 107 Å². The van der Waals surface area contributed by atoms with E-state index in [0.717, 1.165) is 17.5 Å². The monoisotopic (exact) mass is 245 g/mol. The summed E-state index contributed by atoms with van der Waals surface area (Å²) in [7, 11) is 0. The number of rotatable bonds is 3. The molecular formula is C14H19N3O. The van der Waals surface area contributed by atoms with E-state index in [4.69, 9.17) is 11.5 Å². The maximum absolute atomic E-state index is 11.3. The van der Waals surface area contributed by atoms with E-state index in [-0.39, 0.29) is 0 Å². The van der Waals surface area contributed by atoms with E-state index in [1.54, 1.807) is 6.07 Å². The van der Waals surface area contributed by atoms with Gasteiger partial charge in [0.1, 0.15) is 0 Å². The lowest BCUT2D eigenvalue weighted by Gasteiger charge is -2.25. The number of carbonyl (C=O) groups is 1. The number of fused-ring (bicyclic) bond motifs is 2. The summed E-state index contributed by atoms with van der Waals surface area (Å²) in [6.07, 6.45) is 5.26. The van der Waals surface area contributed by atoms with Gasteiger partial charge in [-0.2, -0.15) is 0 Å². The highest BCUT2D eigenvalue weighted by atomic mass is 16.1. The van der Waals surface area contributed by atoms with Crippen LogP contribution < -0.4 is 16.8 Å². The Balaban J connectivity index is 1.81. The van der Waals surface area contributed by atoms with Crippen LogP contribution in [0.15, 0.2) is 18.2 Å². The number of nitrogens with one attached hydrogen (secondary N) is 1. The van der Waals surface area contributed by atoms with Crippen molar-refractivity contribution in [1.29, 1.82) is 0 Å². The van der Waals surface area contributed by atoms with E-state index in [1.807, 2.05) is 12.1 Å². The summed E-state index contributed by atoms with van der Waals surface area (Å²) >= 11 is 0. The molecule has 3 atom stereocenters. The summed E-state index contributed by atoms with van der Waals surface area (Å²) in [6, 6.07) is 5.93. The van der Waals surface area contributed by atoms with E-state index in [2.05, 4.69) is 5.32 Å². The van der Waals surface area contributed by atoms with Gasteiger partial charge < -0.3 is 16.8 Å². The number of carbonyl (C=O) groups excluding carboxylic acids is 1. The van der Waals surface area contributed by atoms with Gasteiger partial charge in [0.15, 0.2) is 0 Å². The molecule has 2 fully saturated rings. The zero-order valence-electron chi connectivity index (χ0n) is 10.4. The molecular weight excluding hydrogens is 226 g/mol. The SMILES string of the molecule is NC(=O)c1cccc(NC2CC3CCC2C3)c1N. The van der Waals surface area contributed by atoms with Gasteiger partial charge in [-0.25, -0.2) is 0 Å². The molecule has 4 nitrogen and oxygen atoms in total. The number of hydrogen-bond acceptors (Lipinski definition) is 3. The van der Waals surface area contributed by atoms with E-state index in [1.165, 1.54) is 25.7 Å². The lowest BCUT2D eigenvalue weighted by molar-refractivity contribution is 0.100. The minimum absolute atomic E-state index is 0.406. The van der Waals surface area contributed by atoms with Gasteiger partial charge in [0, 0.05) is 6.04 Å². The quantitative estimate of drug-likeness (QED) is 0.712. The normalized spacial score (nSPS) is 29.4. The highest BCUT2D eigenvalue weighted by molar-refractivity contribution is 6.00. The molecule has 5 N–H and O–H groups in total. The Hall–Kier alpha value is -1.71. The van der Waals surface area contributed by atoms with Crippen molar-refractivity contribution >= 4 is 17.3 Å². The molecule has 2 aliphatic rings. The van der Waals surface area contributed by atoms with Gasteiger partial charge >= 0.3 is 0 Å². The minimum atomic E-state index is -0.468. The van der Waals surface area contributed by atoms with E-state index < -0.39 is 5.91 Å². The predicted octanol–water partition coefficient (Wildman–Crippen LogP) is 1.97. The molecule has 0 radical (unpaired) electrons. The molecule has 0 aromatic heterocycles. The van der Waals surface area contributed by atoms with Gasteiger partial charge in [-0.1, -0.05) is 12.5 Å². The topological polar surface area (TPSA) is 81.1 Å². The first kappa shape index (κ1) is 11.4. The third kappa shape index (κ3) is 1.82. The second-order valence-corrected chi connectivity index (χ2v) is 5.56. The van der Waals surface area contributed by atoms with E-state index >= 15 is 0 Å². The molecule has 4 heteroatoms. The summed E-state index contributed by atoms with van der Waals surface area (Å²) in [5.41, 5.74) is 13.0. The third-order valence-electron chi connectivity index (χ3n) is 4.45. The number of para-hydroxylation sites is 1. The van der Waals surface area contributed by atoms with Gasteiger partial charge in [-0.05, 0) is 43.2 Å². The smallest absolute Gasteiger partial charge is 0.250 e. The molecule has 2 aliphatic carbocycles. The summed E-state index contributed by atoms with van der Waals surface area (Å²) in [5, 5.41) is 3.50. The molecule has 18 heavy (non-hydrogen) atoms. The van der Waals surface area contributed by atoms with Crippen LogP contribution in [-0.4, -0.2) is 11.9 Å². The number of benzene rings is 1. The number of anilines is 2. The number of hydrogen-bond donors (Lipinski definition) is 3. The standard InChI is InChI=1S/C14H19N3O/c15-13-10(14(16)18)2-1-3-11(13)17-12-7-8-4-5-9(12)6-8/h1-3,8-9,12,17H,4-7,15H2,(H2,16,18). The van der Waals surface area contributed by atoms with Gasteiger partial charge in [0.25, 0.3) is 5.91 Å². The Morgan fingerprint density at radius 1 is 1.28 bits per heavy atom. The van der Waals surface area contributed by atoms with Crippen molar-refractivity contribution < 1.29 is 4.79 Å². The number of primary amides is 1. The van der Waals surface area contributed by atoms with Gasteiger partial charge in [0.2, 0.25) is 0 Å². The lowest BCUT2D eigenvalue weighted by atomic mass is 9.95. The Morgan fingerprint density at radius 2 is 2.11 bits per heavy atom. The molecule has 1 aromatic rings.